The summed E-state index contributed by atoms with van der Waals surface area (Å²) in [7, 11) is 0. The van der Waals surface area contributed by atoms with Crippen LogP contribution in [0.1, 0.15) is 111 Å². The Bertz CT molecular complexity index is 861. The van der Waals surface area contributed by atoms with Crippen molar-refractivity contribution >= 4 is 0 Å². The molecule has 0 aromatic heterocycles. The quantitative estimate of drug-likeness (QED) is 0.216. The molecule has 0 fully saturated rings. The van der Waals surface area contributed by atoms with Crippen LogP contribution in [0.3, 0.4) is 0 Å². The molecule has 0 nitrogen and oxygen atoms in total. The van der Waals surface area contributed by atoms with Crippen LogP contribution < -0.4 is 0 Å². The highest BCUT2D eigenvalue weighted by Gasteiger charge is 2.10. The molecule has 2 aromatic carbocycles. The van der Waals surface area contributed by atoms with Crippen LogP contribution in [0.25, 0.3) is 0 Å². The zero-order valence-electron chi connectivity index (χ0n) is 18.9. The van der Waals surface area contributed by atoms with Gasteiger partial charge >= 0.3 is 0 Å². The average molecular weight is 397 g/mol. The second-order valence-electron chi connectivity index (χ2n) is 8.54. The normalized spacial score (nSPS) is 11.3. The molecule has 0 aliphatic heterocycles. The highest BCUT2D eigenvalue weighted by Crippen LogP contribution is 2.23. The maximum absolute atomic E-state index is 3.43. The summed E-state index contributed by atoms with van der Waals surface area (Å²) < 4.78 is 0. The molecule has 30 heavy (non-hydrogen) atoms. The molecule has 3 rings (SSSR count). The Kier molecular flexibility index (Phi) is 9.12. The standard InChI is InChI=1S/C30H36/c1-3-5-7-9-11-17-27-23-29-21-19-25-15-13-14-16-26(25)20-22-30(29)24-28(27)18-12-10-8-6-4-2/h13-16,23-24H,3-12,17-18H2,1-2H3. The lowest BCUT2D eigenvalue weighted by molar-refractivity contribution is 0.620. The van der Waals surface area contributed by atoms with Crippen LogP contribution in [-0.4, -0.2) is 0 Å². The van der Waals surface area contributed by atoms with Crippen LogP contribution in [0.2, 0.25) is 0 Å². The predicted octanol–water partition coefficient (Wildman–Crippen LogP) is 7.83. The molecule has 0 radical (unpaired) electrons. The summed E-state index contributed by atoms with van der Waals surface area (Å²) in [5.41, 5.74) is 7.30. The minimum Gasteiger partial charge on any atom is -0.0654 e. The fourth-order valence-corrected chi connectivity index (χ4v) is 4.17. The van der Waals surface area contributed by atoms with E-state index in [4.69, 9.17) is 0 Å². The van der Waals surface area contributed by atoms with E-state index in [0.29, 0.717) is 0 Å². The first-order valence-electron chi connectivity index (χ1n) is 12.1. The largest absolute Gasteiger partial charge is 0.0654 e. The maximum Gasteiger partial charge on any atom is 0.0408 e. The molecule has 156 valence electrons. The first-order chi connectivity index (χ1) is 14.8. The summed E-state index contributed by atoms with van der Waals surface area (Å²) >= 11 is 0. The number of hydrogen-bond acceptors (Lipinski definition) is 0. The molecule has 0 unspecified atom stereocenters. The Morgan fingerprint density at radius 3 is 1.33 bits per heavy atom. The average Bonchev–Trinajstić information content (AvgIpc) is 2.76. The third kappa shape index (κ3) is 6.54. The molecule has 0 saturated carbocycles. The van der Waals surface area contributed by atoms with Gasteiger partial charge in [-0.3, -0.25) is 0 Å². The Labute approximate surface area is 184 Å². The van der Waals surface area contributed by atoms with E-state index in [1.54, 1.807) is 0 Å². The van der Waals surface area contributed by atoms with E-state index in [1.807, 2.05) is 12.1 Å². The van der Waals surface area contributed by atoms with E-state index in [0.717, 1.165) is 22.3 Å². The van der Waals surface area contributed by atoms with E-state index in [2.05, 4.69) is 61.8 Å². The molecule has 1 aliphatic rings. The highest BCUT2D eigenvalue weighted by molar-refractivity contribution is 5.62. The van der Waals surface area contributed by atoms with Gasteiger partial charge in [0.25, 0.3) is 0 Å². The van der Waals surface area contributed by atoms with Crippen LogP contribution in [0, 0.1) is 23.7 Å². The van der Waals surface area contributed by atoms with Gasteiger partial charge in [0, 0.05) is 22.3 Å². The molecular weight excluding hydrogens is 360 g/mol. The van der Waals surface area contributed by atoms with Crippen molar-refractivity contribution in [1.82, 2.24) is 0 Å². The van der Waals surface area contributed by atoms with E-state index in [-0.39, 0.29) is 0 Å². The molecule has 1 aliphatic carbocycles. The van der Waals surface area contributed by atoms with Crippen LogP contribution in [0.15, 0.2) is 36.4 Å². The number of benzene rings is 2. The lowest BCUT2D eigenvalue weighted by atomic mass is 9.91. The Morgan fingerprint density at radius 2 is 0.900 bits per heavy atom. The van der Waals surface area contributed by atoms with Crippen molar-refractivity contribution in [3.05, 3.63) is 69.8 Å². The SMILES string of the molecule is CCCCCCCc1cc2c(cc1CCCCCCC)C#Cc1ccccc1C#C2. The monoisotopic (exact) mass is 396 g/mol. The zero-order valence-corrected chi connectivity index (χ0v) is 18.9. The number of hydrogen-bond donors (Lipinski definition) is 0. The molecule has 0 atom stereocenters. The van der Waals surface area contributed by atoms with E-state index >= 15 is 0 Å². The van der Waals surface area contributed by atoms with Gasteiger partial charge in [0.2, 0.25) is 0 Å². The smallest absolute Gasteiger partial charge is 0.0408 e. The van der Waals surface area contributed by atoms with Crippen molar-refractivity contribution in [3.63, 3.8) is 0 Å². The maximum atomic E-state index is 3.43. The molecule has 0 N–H and O–H groups in total. The summed E-state index contributed by atoms with van der Waals surface area (Å²) in [6.45, 7) is 4.56. The van der Waals surface area contributed by atoms with Crippen molar-refractivity contribution in [2.45, 2.75) is 90.9 Å². The van der Waals surface area contributed by atoms with Gasteiger partial charge in [-0.05, 0) is 61.1 Å². The highest BCUT2D eigenvalue weighted by atomic mass is 14.1. The predicted molar refractivity (Wildman–Crippen MR) is 130 cm³/mol. The van der Waals surface area contributed by atoms with E-state index in [9.17, 15) is 0 Å². The van der Waals surface area contributed by atoms with Gasteiger partial charge in [0.05, 0.1) is 0 Å². The van der Waals surface area contributed by atoms with Gasteiger partial charge in [-0.15, -0.1) is 0 Å². The lowest BCUT2D eigenvalue weighted by Crippen LogP contribution is -2.00. The number of fused-ring (bicyclic) bond motifs is 2. The Morgan fingerprint density at radius 1 is 0.500 bits per heavy atom. The van der Waals surface area contributed by atoms with Crippen molar-refractivity contribution < 1.29 is 0 Å². The topological polar surface area (TPSA) is 0 Å². The first-order valence-corrected chi connectivity index (χ1v) is 12.1. The van der Waals surface area contributed by atoms with Crippen LogP contribution in [0.5, 0.6) is 0 Å². The van der Waals surface area contributed by atoms with Gasteiger partial charge in [-0.2, -0.15) is 0 Å². The third-order valence-electron chi connectivity index (χ3n) is 6.03. The number of unbranched alkanes of at least 4 members (excludes halogenated alkanes) is 8. The summed E-state index contributed by atoms with van der Waals surface area (Å²) in [5.74, 6) is 13.6. The van der Waals surface area contributed by atoms with Crippen LogP contribution in [0.4, 0.5) is 0 Å². The second-order valence-corrected chi connectivity index (χ2v) is 8.54. The van der Waals surface area contributed by atoms with Gasteiger partial charge in [-0.25, -0.2) is 0 Å². The lowest BCUT2D eigenvalue weighted by Gasteiger charge is -2.13. The van der Waals surface area contributed by atoms with Crippen molar-refractivity contribution in [3.8, 4) is 23.7 Å². The molecule has 0 heteroatoms. The molecule has 2 aromatic rings. The molecule has 0 amide bonds. The van der Waals surface area contributed by atoms with Gasteiger partial charge < -0.3 is 0 Å². The van der Waals surface area contributed by atoms with Crippen molar-refractivity contribution in [2.24, 2.45) is 0 Å². The third-order valence-corrected chi connectivity index (χ3v) is 6.03. The molecular formula is C30H36. The zero-order chi connectivity index (χ0) is 21.0. The van der Waals surface area contributed by atoms with Crippen LogP contribution >= 0.6 is 0 Å². The summed E-state index contributed by atoms with van der Waals surface area (Å²) in [6.07, 6.45) is 15.6. The van der Waals surface area contributed by atoms with E-state index in [1.165, 1.54) is 88.2 Å². The summed E-state index contributed by atoms with van der Waals surface area (Å²) in [5, 5.41) is 0. The minimum atomic E-state index is 1.04. The first kappa shape index (κ1) is 22.2. The summed E-state index contributed by atoms with van der Waals surface area (Å²) in [6, 6.07) is 12.9. The summed E-state index contributed by atoms with van der Waals surface area (Å²) in [4.78, 5) is 0. The molecule has 0 bridgehead atoms. The van der Waals surface area contributed by atoms with Gasteiger partial charge in [0.1, 0.15) is 0 Å². The molecule has 0 saturated heterocycles. The molecule has 0 spiro atoms. The molecule has 0 heterocycles. The van der Waals surface area contributed by atoms with Crippen molar-refractivity contribution in [2.75, 3.05) is 0 Å². The minimum absolute atomic E-state index is 1.04. The number of aryl methyl sites for hydroxylation is 2. The Balaban J connectivity index is 1.81. The van der Waals surface area contributed by atoms with Crippen LogP contribution in [-0.2, 0) is 12.8 Å². The van der Waals surface area contributed by atoms with Gasteiger partial charge in [-0.1, -0.05) is 101 Å². The number of rotatable bonds is 12. The fraction of sp³-hybridized carbons (Fsp3) is 0.467. The van der Waals surface area contributed by atoms with Crippen molar-refractivity contribution in [1.29, 1.82) is 0 Å². The fourth-order valence-electron chi connectivity index (χ4n) is 4.17. The van der Waals surface area contributed by atoms with Gasteiger partial charge in [0.15, 0.2) is 0 Å². The Hall–Kier alpha value is -2.44. The van der Waals surface area contributed by atoms with E-state index < -0.39 is 0 Å². The second kappa shape index (κ2) is 12.3.